The van der Waals surface area contributed by atoms with Crippen LogP contribution in [-0.4, -0.2) is 30.6 Å². The number of nitrogens with zero attached hydrogens (tertiary/aromatic N) is 1. The lowest BCUT2D eigenvalue weighted by Gasteiger charge is -2.35. The van der Waals surface area contributed by atoms with Gasteiger partial charge in [0.25, 0.3) is 0 Å². The largest absolute Gasteiger partial charge is 0.330 e. The van der Waals surface area contributed by atoms with Gasteiger partial charge in [0.05, 0.1) is 0 Å². The van der Waals surface area contributed by atoms with Crippen molar-refractivity contribution in [1.82, 2.24) is 4.90 Å². The molecular formula is C15H32N2. The van der Waals surface area contributed by atoms with Gasteiger partial charge in [-0.05, 0) is 63.8 Å². The van der Waals surface area contributed by atoms with Gasteiger partial charge in [-0.1, -0.05) is 13.8 Å². The Kier molecular flexibility index (Phi) is 6.50. The molecule has 0 aromatic rings. The first-order chi connectivity index (χ1) is 8.02. The van der Waals surface area contributed by atoms with Crippen LogP contribution >= 0.6 is 0 Å². The lowest BCUT2D eigenvalue weighted by molar-refractivity contribution is 0.139. The molecule has 2 nitrogen and oxygen atoms in total. The molecule has 1 aliphatic carbocycles. The van der Waals surface area contributed by atoms with Gasteiger partial charge in [0.15, 0.2) is 0 Å². The Hall–Kier alpha value is -0.0800. The fourth-order valence-electron chi connectivity index (χ4n) is 2.95. The zero-order chi connectivity index (χ0) is 12.8. The zero-order valence-electron chi connectivity index (χ0n) is 12.3. The maximum Gasteiger partial charge on any atom is 0.00388 e. The second kappa shape index (κ2) is 7.38. The average Bonchev–Trinajstić information content (AvgIpc) is 2.28. The highest BCUT2D eigenvalue weighted by atomic mass is 15.1. The van der Waals surface area contributed by atoms with Crippen LogP contribution in [0.4, 0.5) is 0 Å². The molecule has 0 aromatic heterocycles. The Labute approximate surface area is 108 Å². The molecule has 0 radical (unpaired) electrons. The van der Waals surface area contributed by atoms with Gasteiger partial charge in [0.1, 0.15) is 0 Å². The normalized spacial score (nSPS) is 26.1. The minimum atomic E-state index is 0.685. The van der Waals surface area contributed by atoms with E-state index in [9.17, 15) is 0 Å². The predicted octanol–water partition coefficient (Wildman–Crippen LogP) is 3.12. The summed E-state index contributed by atoms with van der Waals surface area (Å²) in [7, 11) is 0. The van der Waals surface area contributed by atoms with E-state index in [1.54, 1.807) is 0 Å². The minimum absolute atomic E-state index is 0.685. The maximum atomic E-state index is 5.75. The first-order valence-electron chi connectivity index (χ1n) is 7.47. The van der Waals surface area contributed by atoms with Crippen LogP contribution in [0.1, 0.15) is 53.4 Å². The van der Waals surface area contributed by atoms with Crippen LogP contribution in [0.15, 0.2) is 0 Å². The lowest BCUT2D eigenvalue weighted by Crippen LogP contribution is -2.39. The predicted molar refractivity (Wildman–Crippen MR) is 76.0 cm³/mol. The van der Waals surface area contributed by atoms with Crippen LogP contribution in [0.5, 0.6) is 0 Å². The summed E-state index contributed by atoms with van der Waals surface area (Å²) in [6.45, 7) is 12.7. The van der Waals surface area contributed by atoms with E-state index in [0.717, 1.165) is 24.3 Å². The Morgan fingerprint density at radius 1 is 1.00 bits per heavy atom. The van der Waals surface area contributed by atoms with Crippen molar-refractivity contribution in [3.05, 3.63) is 0 Å². The standard InChI is InChI=1S/C15H32N2/c1-12(2)10-17(13(3)4)11-15-7-5-14(9-16)6-8-15/h12-15H,5-11,16H2,1-4H3. The summed E-state index contributed by atoms with van der Waals surface area (Å²) in [5, 5.41) is 0. The Morgan fingerprint density at radius 2 is 1.53 bits per heavy atom. The first-order valence-corrected chi connectivity index (χ1v) is 7.47. The summed E-state index contributed by atoms with van der Waals surface area (Å²) in [5.41, 5.74) is 5.75. The van der Waals surface area contributed by atoms with Gasteiger partial charge in [-0.2, -0.15) is 0 Å². The number of hydrogen-bond donors (Lipinski definition) is 1. The Morgan fingerprint density at radius 3 is 1.94 bits per heavy atom. The van der Waals surface area contributed by atoms with Gasteiger partial charge in [-0.15, -0.1) is 0 Å². The smallest absolute Gasteiger partial charge is 0.00388 e. The number of nitrogens with two attached hydrogens (primary N) is 1. The molecule has 102 valence electrons. The van der Waals surface area contributed by atoms with E-state index in [-0.39, 0.29) is 0 Å². The van der Waals surface area contributed by atoms with Crippen LogP contribution in [0, 0.1) is 17.8 Å². The van der Waals surface area contributed by atoms with Gasteiger partial charge < -0.3 is 10.6 Å². The molecule has 0 heterocycles. The molecule has 17 heavy (non-hydrogen) atoms. The van der Waals surface area contributed by atoms with Gasteiger partial charge in [0.2, 0.25) is 0 Å². The fourth-order valence-corrected chi connectivity index (χ4v) is 2.95. The molecule has 2 N–H and O–H groups in total. The van der Waals surface area contributed by atoms with Crippen molar-refractivity contribution >= 4 is 0 Å². The van der Waals surface area contributed by atoms with Crippen molar-refractivity contribution in [3.8, 4) is 0 Å². The third-order valence-corrected chi connectivity index (χ3v) is 4.12. The van der Waals surface area contributed by atoms with Crippen LogP contribution in [0.2, 0.25) is 0 Å². The van der Waals surface area contributed by atoms with Crippen LogP contribution < -0.4 is 5.73 Å². The molecule has 0 aromatic carbocycles. The van der Waals surface area contributed by atoms with E-state index >= 15 is 0 Å². The molecule has 0 aliphatic heterocycles. The Balaban J connectivity index is 2.35. The lowest BCUT2D eigenvalue weighted by atomic mass is 9.81. The van der Waals surface area contributed by atoms with Crippen molar-refractivity contribution in [2.75, 3.05) is 19.6 Å². The van der Waals surface area contributed by atoms with Crippen molar-refractivity contribution < 1.29 is 0 Å². The van der Waals surface area contributed by atoms with E-state index in [1.807, 2.05) is 0 Å². The molecule has 0 unspecified atom stereocenters. The molecule has 1 rings (SSSR count). The fraction of sp³-hybridized carbons (Fsp3) is 1.00. The summed E-state index contributed by atoms with van der Waals surface area (Å²) in [6.07, 6.45) is 5.50. The molecule has 1 fully saturated rings. The highest BCUT2D eigenvalue weighted by Crippen LogP contribution is 2.29. The van der Waals surface area contributed by atoms with Gasteiger partial charge in [-0.3, -0.25) is 0 Å². The SMILES string of the molecule is CC(C)CN(CC1CCC(CN)CC1)C(C)C. The third-order valence-electron chi connectivity index (χ3n) is 4.12. The monoisotopic (exact) mass is 240 g/mol. The van der Waals surface area contributed by atoms with Crippen molar-refractivity contribution in [2.24, 2.45) is 23.5 Å². The molecule has 1 saturated carbocycles. The second-order valence-corrected chi connectivity index (χ2v) is 6.56. The highest BCUT2D eigenvalue weighted by Gasteiger charge is 2.23. The van der Waals surface area contributed by atoms with Crippen molar-refractivity contribution in [3.63, 3.8) is 0 Å². The number of hydrogen-bond acceptors (Lipinski definition) is 2. The van der Waals surface area contributed by atoms with E-state index < -0.39 is 0 Å². The Bertz CT molecular complexity index is 193. The molecular weight excluding hydrogens is 208 g/mol. The minimum Gasteiger partial charge on any atom is -0.330 e. The zero-order valence-corrected chi connectivity index (χ0v) is 12.3. The third kappa shape index (κ3) is 5.39. The topological polar surface area (TPSA) is 29.3 Å². The van der Waals surface area contributed by atoms with Crippen LogP contribution in [-0.2, 0) is 0 Å². The molecule has 1 aliphatic rings. The molecule has 0 amide bonds. The van der Waals surface area contributed by atoms with E-state index in [2.05, 4.69) is 32.6 Å². The maximum absolute atomic E-state index is 5.75. The second-order valence-electron chi connectivity index (χ2n) is 6.56. The van der Waals surface area contributed by atoms with Crippen LogP contribution in [0.25, 0.3) is 0 Å². The summed E-state index contributed by atoms with van der Waals surface area (Å²) in [6, 6.07) is 0.685. The molecule has 0 saturated heterocycles. The molecule has 0 bridgehead atoms. The van der Waals surface area contributed by atoms with Gasteiger partial charge in [-0.25, -0.2) is 0 Å². The van der Waals surface area contributed by atoms with Crippen molar-refractivity contribution in [1.29, 1.82) is 0 Å². The molecule has 0 atom stereocenters. The highest BCUT2D eigenvalue weighted by molar-refractivity contribution is 4.77. The summed E-state index contributed by atoms with van der Waals surface area (Å²) >= 11 is 0. The summed E-state index contributed by atoms with van der Waals surface area (Å²) in [4.78, 5) is 2.66. The van der Waals surface area contributed by atoms with Crippen molar-refractivity contribution in [2.45, 2.75) is 59.4 Å². The van der Waals surface area contributed by atoms with E-state index in [4.69, 9.17) is 5.73 Å². The molecule has 0 spiro atoms. The average molecular weight is 240 g/mol. The molecule has 2 heteroatoms. The van der Waals surface area contributed by atoms with Crippen LogP contribution in [0.3, 0.4) is 0 Å². The quantitative estimate of drug-likeness (QED) is 0.773. The van der Waals surface area contributed by atoms with E-state index in [1.165, 1.54) is 38.8 Å². The number of rotatable bonds is 6. The van der Waals surface area contributed by atoms with E-state index in [0.29, 0.717) is 6.04 Å². The first kappa shape index (κ1) is 15.0. The van der Waals surface area contributed by atoms with Gasteiger partial charge in [0, 0.05) is 19.1 Å². The van der Waals surface area contributed by atoms with Gasteiger partial charge >= 0.3 is 0 Å². The summed E-state index contributed by atoms with van der Waals surface area (Å²) in [5.74, 6) is 2.50. The summed E-state index contributed by atoms with van der Waals surface area (Å²) < 4.78 is 0.